The zero-order valence-electron chi connectivity index (χ0n) is 9.31. The normalized spacial score (nSPS) is 11.8. The van der Waals surface area contributed by atoms with Crippen LogP contribution in [0.5, 0.6) is 0 Å². The Labute approximate surface area is 80.8 Å². The quantitative estimate of drug-likeness (QED) is 0.678. The molecule has 0 bridgehead atoms. The van der Waals surface area contributed by atoms with Crippen LogP contribution in [0.4, 0.5) is 0 Å². The summed E-state index contributed by atoms with van der Waals surface area (Å²) in [5.41, 5.74) is -0.122. The first-order chi connectivity index (χ1) is 5.83. The van der Waals surface area contributed by atoms with Crippen LogP contribution in [0.3, 0.4) is 0 Å². The van der Waals surface area contributed by atoms with Gasteiger partial charge in [-0.15, -0.1) is 0 Å². The molecule has 1 N–H and O–H groups in total. The van der Waals surface area contributed by atoms with Crippen LogP contribution < -0.4 is 5.32 Å². The number of nitrogens with one attached hydrogen (secondary N) is 1. The third-order valence-corrected chi connectivity index (χ3v) is 1.46. The van der Waals surface area contributed by atoms with E-state index in [1.807, 2.05) is 34.6 Å². The standard InChI is InChI=1S/C10H21NO2/c1-8(2)9(12)11-6-7-13-10(3,4)5/h8H,6-7H2,1-5H3,(H,11,12). The number of carbonyl (C=O) groups is 1. The largest absolute Gasteiger partial charge is 0.374 e. The van der Waals surface area contributed by atoms with Crippen molar-refractivity contribution < 1.29 is 9.53 Å². The van der Waals surface area contributed by atoms with Crippen LogP contribution >= 0.6 is 0 Å². The topological polar surface area (TPSA) is 38.3 Å². The Hall–Kier alpha value is -0.570. The molecule has 0 aliphatic carbocycles. The monoisotopic (exact) mass is 187 g/mol. The van der Waals surface area contributed by atoms with Crippen LogP contribution in [0.25, 0.3) is 0 Å². The van der Waals surface area contributed by atoms with E-state index in [1.165, 1.54) is 0 Å². The maximum atomic E-state index is 11.1. The van der Waals surface area contributed by atoms with Crippen LogP contribution in [0.15, 0.2) is 0 Å². The van der Waals surface area contributed by atoms with Gasteiger partial charge in [0.15, 0.2) is 0 Å². The predicted octanol–water partition coefficient (Wildman–Crippen LogP) is 1.57. The minimum absolute atomic E-state index is 0.0506. The Balaban J connectivity index is 3.42. The molecule has 0 fully saturated rings. The minimum atomic E-state index is -0.122. The predicted molar refractivity (Wildman–Crippen MR) is 53.6 cm³/mol. The molecule has 3 nitrogen and oxygen atoms in total. The van der Waals surface area contributed by atoms with Crippen molar-refractivity contribution in [3.63, 3.8) is 0 Å². The molecular weight excluding hydrogens is 166 g/mol. The molecule has 0 atom stereocenters. The van der Waals surface area contributed by atoms with Gasteiger partial charge in [0, 0.05) is 12.5 Å². The van der Waals surface area contributed by atoms with Crippen molar-refractivity contribution in [1.29, 1.82) is 0 Å². The van der Waals surface area contributed by atoms with Gasteiger partial charge in [-0.2, -0.15) is 0 Å². The number of carbonyl (C=O) groups excluding carboxylic acids is 1. The van der Waals surface area contributed by atoms with Crippen molar-refractivity contribution in [2.45, 2.75) is 40.2 Å². The fourth-order valence-corrected chi connectivity index (χ4v) is 0.736. The van der Waals surface area contributed by atoms with Crippen molar-refractivity contribution in [2.24, 2.45) is 5.92 Å². The second-order valence-electron chi connectivity index (χ2n) is 4.41. The van der Waals surface area contributed by atoms with Gasteiger partial charge in [-0.25, -0.2) is 0 Å². The number of rotatable bonds is 4. The average molecular weight is 187 g/mol. The molecule has 1 amide bonds. The molecular formula is C10H21NO2. The van der Waals surface area contributed by atoms with Gasteiger partial charge in [-0.3, -0.25) is 4.79 Å². The van der Waals surface area contributed by atoms with Gasteiger partial charge < -0.3 is 10.1 Å². The molecule has 0 aromatic carbocycles. The Bertz CT molecular complexity index is 159. The third-order valence-electron chi connectivity index (χ3n) is 1.46. The average Bonchev–Trinajstić information content (AvgIpc) is 1.95. The molecule has 0 saturated carbocycles. The summed E-state index contributed by atoms with van der Waals surface area (Å²) in [7, 11) is 0. The van der Waals surface area contributed by atoms with E-state index in [9.17, 15) is 4.79 Å². The molecule has 0 aliphatic heterocycles. The number of hydrogen-bond acceptors (Lipinski definition) is 2. The van der Waals surface area contributed by atoms with Gasteiger partial charge in [-0.05, 0) is 20.8 Å². The van der Waals surface area contributed by atoms with E-state index < -0.39 is 0 Å². The van der Waals surface area contributed by atoms with Crippen LogP contribution in [0.1, 0.15) is 34.6 Å². The summed E-state index contributed by atoms with van der Waals surface area (Å²) in [5, 5.41) is 2.79. The van der Waals surface area contributed by atoms with Crippen molar-refractivity contribution in [3.05, 3.63) is 0 Å². The van der Waals surface area contributed by atoms with Crippen molar-refractivity contribution in [1.82, 2.24) is 5.32 Å². The molecule has 0 aromatic heterocycles. The molecule has 13 heavy (non-hydrogen) atoms. The highest BCUT2D eigenvalue weighted by atomic mass is 16.5. The van der Waals surface area contributed by atoms with Crippen LogP contribution in [0, 0.1) is 5.92 Å². The zero-order valence-corrected chi connectivity index (χ0v) is 9.31. The number of hydrogen-bond donors (Lipinski definition) is 1. The Kier molecular flexibility index (Phi) is 4.99. The molecule has 0 radical (unpaired) electrons. The molecule has 0 saturated heterocycles. The summed E-state index contributed by atoms with van der Waals surface area (Å²) in [4.78, 5) is 11.1. The van der Waals surface area contributed by atoms with Gasteiger partial charge >= 0.3 is 0 Å². The van der Waals surface area contributed by atoms with Crippen molar-refractivity contribution >= 4 is 5.91 Å². The molecule has 0 rings (SSSR count). The Morgan fingerprint density at radius 1 is 1.38 bits per heavy atom. The summed E-state index contributed by atoms with van der Waals surface area (Å²) < 4.78 is 5.44. The summed E-state index contributed by atoms with van der Waals surface area (Å²) in [6, 6.07) is 0. The second-order valence-corrected chi connectivity index (χ2v) is 4.41. The fraction of sp³-hybridized carbons (Fsp3) is 0.900. The van der Waals surface area contributed by atoms with E-state index >= 15 is 0 Å². The highest BCUT2D eigenvalue weighted by molar-refractivity contribution is 5.77. The van der Waals surface area contributed by atoms with Crippen molar-refractivity contribution in [2.75, 3.05) is 13.2 Å². The van der Waals surface area contributed by atoms with E-state index in [4.69, 9.17) is 4.74 Å². The molecule has 78 valence electrons. The van der Waals surface area contributed by atoms with E-state index in [2.05, 4.69) is 5.32 Å². The Morgan fingerprint density at radius 3 is 2.31 bits per heavy atom. The van der Waals surface area contributed by atoms with Gasteiger partial charge in [-0.1, -0.05) is 13.8 Å². The maximum absolute atomic E-state index is 11.1. The SMILES string of the molecule is CC(C)C(=O)NCCOC(C)(C)C. The first-order valence-corrected chi connectivity index (χ1v) is 4.74. The summed E-state index contributed by atoms with van der Waals surface area (Å²) >= 11 is 0. The Morgan fingerprint density at radius 2 is 1.92 bits per heavy atom. The first-order valence-electron chi connectivity index (χ1n) is 4.74. The highest BCUT2D eigenvalue weighted by Crippen LogP contribution is 2.05. The van der Waals surface area contributed by atoms with E-state index in [1.54, 1.807) is 0 Å². The lowest BCUT2D eigenvalue weighted by atomic mass is 10.2. The highest BCUT2D eigenvalue weighted by Gasteiger charge is 2.10. The van der Waals surface area contributed by atoms with Crippen LogP contribution in [-0.4, -0.2) is 24.7 Å². The first kappa shape index (κ1) is 12.4. The molecule has 0 spiro atoms. The van der Waals surface area contributed by atoms with E-state index in [-0.39, 0.29) is 17.4 Å². The summed E-state index contributed by atoms with van der Waals surface area (Å²) in [6.45, 7) is 10.9. The molecule has 0 aromatic rings. The van der Waals surface area contributed by atoms with E-state index in [0.717, 1.165) is 0 Å². The lowest BCUT2D eigenvalue weighted by molar-refractivity contribution is -0.124. The number of amides is 1. The van der Waals surface area contributed by atoms with Crippen LogP contribution in [-0.2, 0) is 9.53 Å². The maximum Gasteiger partial charge on any atom is 0.222 e. The van der Waals surface area contributed by atoms with Gasteiger partial charge in [0.1, 0.15) is 0 Å². The third kappa shape index (κ3) is 7.78. The lowest BCUT2D eigenvalue weighted by Crippen LogP contribution is -2.33. The van der Waals surface area contributed by atoms with Gasteiger partial charge in [0.05, 0.1) is 12.2 Å². The molecule has 0 unspecified atom stereocenters. The van der Waals surface area contributed by atoms with Gasteiger partial charge in [0.25, 0.3) is 0 Å². The number of ether oxygens (including phenoxy) is 1. The van der Waals surface area contributed by atoms with Crippen LogP contribution in [0.2, 0.25) is 0 Å². The molecule has 0 heterocycles. The summed E-state index contributed by atoms with van der Waals surface area (Å²) in [5.74, 6) is 0.132. The second kappa shape index (κ2) is 5.22. The fourth-order valence-electron chi connectivity index (χ4n) is 0.736. The van der Waals surface area contributed by atoms with Crippen molar-refractivity contribution in [3.8, 4) is 0 Å². The molecule has 3 heteroatoms. The smallest absolute Gasteiger partial charge is 0.222 e. The summed E-state index contributed by atoms with van der Waals surface area (Å²) in [6.07, 6.45) is 0. The lowest BCUT2D eigenvalue weighted by Gasteiger charge is -2.19. The van der Waals surface area contributed by atoms with E-state index in [0.29, 0.717) is 13.2 Å². The molecule has 0 aliphatic rings. The minimum Gasteiger partial charge on any atom is -0.374 e. The van der Waals surface area contributed by atoms with Gasteiger partial charge in [0.2, 0.25) is 5.91 Å². The zero-order chi connectivity index (χ0) is 10.5.